The van der Waals surface area contributed by atoms with Gasteiger partial charge in [0.25, 0.3) is 5.56 Å². The van der Waals surface area contributed by atoms with E-state index in [-0.39, 0.29) is 5.56 Å². The molecular formula is C10H13NO. The van der Waals surface area contributed by atoms with Crippen LogP contribution in [0.15, 0.2) is 16.9 Å². The van der Waals surface area contributed by atoms with Crippen LogP contribution in [0.4, 0.5) is 0 Å². The minimum atomic E-state index is 0.171. The highest BCUT2D eigenvalue weighted by atomic mass is 16.1. The molecule has 0 aromatic carbocycles. The summed E-state index contributed by atoms with van der Waals surface area (Å²) in [5.41, 5.74) is 2.48. The van der Waals surface area contributed by atoms with Crippen molar-refractivity contribution in [2.75, 3.05) is 0 Å². The predicted octanol–water partition coefficient (Wildman–Crippen LogP) is 1.49. The molecule has 0 N–H and O–H groups in total. The molecule has 1 aliphatic heterocycles. The first-order valence-corrected chi connectivity index (χ1v) is 4.48. The lowest BCUT2D eigenvalue weighted by Gasteiger charge is -2.17. The summed E-state index contributed by atoms with van der Waals surface area (Å²) in [4.78, 5) is 11.4. The smallest absolute Gasteiger partial charge is 0.250 e. The van der Waals surface area contributed by atoms with Gasteiger partial charge in [0, 0.05) is 18.3 Å². The topological polar surface area (TPSA) is 22.0 Å². The van der Waals surface area contributed by atoms with E-state index < -0.39 is 0 Å². The summed E-state index contributed by atoms with van der Waals surface area (Å²) in [5.74, 6) is 0. The molecule has 0 aliphatic carbocycles. The molecule has 0 bridgehead atoms. The van der Waals surface area contributed by atoms with Gasteiger partial charge in [0.15, 0.2) is 0 Å². The molecule has 2 rings (SSSR count). The molecule has 2 heteroatoms. The number of hydrogen-bond acceptors (Lipinski definition) is 1. The molecule has 2 nitrogen and oxygen atoms in total. The van der Waals surface area contributed by atoms with Crippen molar-refractivity contribution in [3.05, 3.63) is 33.7 Å². The number of aromatic nitrogens is 1. The number of aryl methyl sites for hydroxylation is 2. The zero-order valence-electron chi connectivity index (χ0n) is 7.34. The van der Waals surface area contributed by atoms with Crippen LogP contribution in [0.3, 0.4) is 0 Å². The Hall–Kier alpha value is -1.05. The fraction of sp³-hybridized carbons (Fsp3) is 0.500. The van der Waals surface area contributed by atoms with Gasteiger partial charge in [-0.25, -0.2) is 0 Å². The summed E-state index contributed by atoms with van der Waals surface area (Å²) >= 11 is 0. The zero-order valence-corrected chi connectivity index (χ0v) is 7.34. The summed E-state index contributed by atoms with van der Waals surface area (Å²) < 4.78 is 1.90. The van der Waals surface area contributed by atoms with E-state index in [1.165, 1.54) is 12.1 Å². The second-order valence-electron chi connectivity index (χ2n) is 3.47. The average Bonchev–Trinajstić information content (AvgIpc) is 2.04. The van der Waals surface area contributed by atoms with Crippen LogP contribution in [0.25, 0.3) is 0 Å². The molecule has 12 heavy (non-hydrogen) atoms. The number of hydrogen-bond donors (Lipinski definition) is 0. The summed E-state index contributed by atoms with van der Waals surface area (Å²) in [6.45, 7) is 2.89. The van der Waals surface area contributed by atoms with Crippen LogP contribution in [0.2, 0.25) is 0 Å². The monoisotopic (exact) mass is 163 g/mol. The highest BCUT2D eigenvalue weighted by Gasteiger charge is 2.09. The van der Waals surface area contributed by atoms with Gasteiger partial charge >= 0.3 is 0 Å². The second kappa shape index (κ2) is 2.77. The van der Waals surface area contributed by atoms with E-state index in [2.05, 4.69) is 6.07 Å². The van der Waals surface area contributed by atoms with Crippen molar-refractivity contribution in [2.45, 2.75) is 32.7 Å². The third kappa shape index (κ3) is 1.17. The number of rotatable bonds is 0. The van der Waals surface area contributed by atoms with Crippen LogP contribution in [0, 0.1) is 6.92 Å². The van der Waals surface area contributed by atoms with E-state index >= 15 is 0 Å². The predicted molar refractivity (Wildman–Crippen MR) is 48.4 cm³/mol. The standard InChI is InChI=1S/C10H13NO/c1-8-6-9-4-2-3-5-11(9)10(12)7-8/h6-7H,2-5H2,1H3. The maximum atomic E-state index is 11.4. The molecule has 0 atom stereocenters. The van der Waals surface area contributed by atoms with Gasteiger partial charge in [-0.1, -0.05) is 0 Å². The maximum Gasteiger partial charge on any atom is 0.250 e. The zero-order chi connectivity index (χ0) is 8.55. The van der Waals surface area contributed by atoms with Crippen molar-refractivity contribution < 1.29 is 0 Å². The molecule has 0 saturated heterocycles. The third-order valence-corrected chi connectivity index (χ3v) is 2.42. The maximum absolute atomic E-state index is 11.4. The van der Waals surface area contributed by atoms with Gasteiger partial charge in [0.2, 0.25) is 0 Å². The van der Waals surface area contributed by atoms with Crippen LogP contribution in [0.5, 0.6) is 0 Å². The van der Waals surface area contributed by atoms with Gasteiger partial charge in [-0.15, -0.1) is 0 Å². The Morgan fingerprint density at radius 2 is 2.17 bits per heavy atom. The Morgan fingerprint density at radius 3 is 3.00 bits per heavy atom. The quantitative estimate of drug-likeness (QED) is 0.568. The number of fused-ring (bicyclic) bond motifs is 1. The summed E-state index contributed by atoms with van der Waals surface area (Å²) in [5, 5.41) is 0. The van der Waals surface area contributed by atoms with Crippen molar-refractivity contribution in [3.8, 4) is 0 Å². The fourth-order valence-corrected chi connectivity index (χ4v) is 1.83. The molecule has 1 aromatic heterocycles. The Bertz CT molecular complexity index is 351. The van der Waals surface area contributed by atoms with E-state index in [4.69, 9.17) is 0 Å². The van der Waals surface area contributed by atoms with Crippen molar-refractivity contribution in [1.29, 1.82) is 0 Å². The van der Waals surface area contributed by atoms with E-state index in [1.54, 1.807) is 6.07 Å². The van der Waals surface area contributed by atoms with E-state index in [0.717, 1.165) is 24.9 Å². The van der Waals surface area contributed by atoms with Gasteiger partial charge < -0.3 is 4.57 Å². The highest BCUT2D eigenvalue weighted by Crippen LogP contribution is 2.12. The van der Waals surface area contributed by atoms with Crippen LogP contribution >= 0.6 is 0 Å². The highest BCUT2D eigenvalue weighted by molar-refractivity contribution is 5.17. The van der Waals surface area contributed by atoms with Crippen molar-refractivity contribution >= 4 is 0 Å². The molecule has 0 unspecified atom stereocenters. The van der Waals surface area contributed by atoms with Gasteiger partial charge in [0.05, 0.1) is 0 Å². The molecule has 0 spiro atoms. The van der Waals surface area contributed by atoms with Gasteiger partial charge in [-0.05, 0) is 37.8 Å². The minimum absolute atomic E-state index is 0.171. The third-order valence-electron chi connectivity index (χ3n) is 2.42. The SMILES string of the molecule is Cc1cc2n(c(=O)c1)CCCC2. The summed E-state index contributed by atoms with van der Waals surface area (Å²) in [7, 11) is 0. The van der Waals surface area contributed by atoms with Crippen LogP contribution in [-0.4, -0.2) is 4.57 Å². The molecular weight excluding hydrogens is 150 g/mol. The molecule has 0 radical (unpaired) electrons. The molecule has 2 heterocycles. The Labute approximate surface area is 71.8 Å². The first kappa shape index (κ1) is 7.59. The van der Waals surface area contributed by atoms with Gasteiger partial charge in [0.1, 0.15) is 0 Å². The first-order chi connectivity index (χ1) is 5.77. The lowest BCUT2D eigenvalue weighted by molar-refractivity contribution is 0.512. The lowest BCUT2D eigenvalue weighted by Crippen LogP contribution is -2.26. The number of pyridine rings is 1. The Kier molecular flexibility index (Phi) is 1.75. The van der Waals surface area contributed by atoms with Gasteiger partial charge in [-0.3, -0.25) is 4.79 Å². The van der Waals surface area contributed by atoms with Crippen LogP contribution in [-0.2, 0) is 13.0 Å². The number of nitrogens with zero attached hydrogens (tertiary/aromatic N) is 1. The Balaban J connectivity index is 2.60. The van der Waals surface area contributed by atoms with Crippen molar-refractivity contribution in [2.24, 2.45) is 0 Å². The average molecular weight is 163 g/mol. The molecule has 64 valence electrons. The molecule has 1 aromatic rings. The molecule has 0 amide bonds. The van der Waals surface area contributed by atoms with E-state index in [9.17, 15) is 4.79 Å². The molecule has 0 fully saturated rings. The van der Waals surface area contributed by atoms with E-state index in [0.29, 0.717) is 0 Å². The second-order valence-corrected chi connectivity index (χ2v) is 3.47. The largest absolute Gasteiger partial charge is 0.313 e. The normalized spacial score (nSPS) is 15.8. The Morgan fingerprint density at radius 1 is 1.33 bits per heavy atom. The lowest BCUT2D eigenvalue weighted by atomic mass is 10.1. The summed E-state index contributed by atoms with van der Waals surface area (Å²) in [6, 6.07) is 3.84. The van der Waals surface area contributed by atoms with Crippen LogP contribution < -0.4 is 5.56 Å². The van der Waals surface area contributed by atoms with Crippen molar-refractivity contribution in [1.82, 2.24) is 4.57 Å². The molecule has 1 aliphatic rings. The fourth-order valence-electron chi connectivity index (χ4n) is 1.83. The summed E-state index contributed by atoms with van der Waals surface area (Å²) in [6.07, 6.45) is 3.44. The minimum Gasteiger partial charge on any atom is -0.313 e. The first-order valence-electron chi connectivity index (χ1n) is 4.48. The van der Waals surface area contributed by atoms with Crippen molar-refractivity contribution in [3.63, 3.8) is 0 Å². The molecule has 0 saturated carbocycles. The van der Waals surface area contributed by atoms with Crippen LogP contribution in [0.1, 0.15) is 24.1 Å². The van der Waals surface area contributed by atoms with E-state index in [1.807, 2.05) is 11.5 Å². The van der Waals surface area contributed by atoms with Gasteiger partial charge in [-0.2, -0.15) is 0 Å².